The Hall–Kier alpha value is -1.51. The molecule has 3 fully saturated rings. The lowest BCUT2D eigenvalue weighted by atomic mass is 9.82. The molecule has 0 spiro atoms. The smallest absolute Gasteiger partial charge is 0.227 e. The molecule has 4 heterocycles. The second-order valence-corrected chi connectivity index (χ2v) is 6.55. The standard InChI is InChI=1S/C15H21FN4O3/c16-12-5-17-14(18-13(12)19-1-3-22-4-2-19)20-6-11-7-23-10-15(11,8-20)9-21/h5,11,21H,1-4,6-10H2/t11-,15-/m0/s1. The Balaban J connectivity index is 1.58. The monoisotopic (exact) mass is 324 g/mol. The van der Waals surface area contributed by atoms with Gasteiger partial charge in [-0.15, -0.1) is 0 Å². The van der Waals surface area contributed by atoms with Gasteiger partial charge in [0, 0.05) is 37.5 Å². The average Bonchev–Trinajstić information content (AvgIpc) is 3.13. The SMILES string of the molecule is OC[C@@]12COC[C@@H]1CN(c1ncc(F)c(N3CCOCC3)n1)C2. The maximum Gasteiger partial charge on any atom is 0.227 e. The minimum Gasteiger partial charge on any atom is -0.396 e. The van der Waals surface area contributed by atoms with Gasteiger partial charge in [0.15, 0.2) is 11.6 Å². The molecule has 1 aromatic heterocycles. The Labute approximate surface area is 134 Å². The fraction of sp³-hybridized carbons (Fsp3) is 0.733. The predicted octanol–water partition coefficient (Wildman–Crippen LogP) is -0.103. The third kappa shape index (κ3) is 2.54. The Morgan fingerprint density at radius 1 is 1.30 bits per heavy atom. The number of hydrogen-bond acceptors (Lipinski definition) is 7. The molecule has 1 aromatic rings. The zero-order chi connectivity index (χ0) is 15.9. The molecule has 4 rings (SSSR count). The van der Waals surface area contributed by atoms with Crippen LogP contribution in [0.2, 0.25) is 0 Å². The highest BCUT2D eigenvalue weighted by atomic mass is 19.1. The van der Waals surface area contributed by atoms with E-state index in [2.05, 4.69) is 9.97 Å². The first kappa shape index (κ1) is 15.0. The van der Waals surface area contributed by atoms with Gasteiger partial charge >= 0.3 is 0 Å². The van der Waals surface area contributed by atoms with Crippen LogP contribution in [0.5, 0.6) is 0 Å². The van der Waals surface area contributed by atoms with Crippen LogP contribution in [0.4, 0.5) is 16.2 Å². The summed E-state index contributed by atoms with van der Waals surface area (Å²) in [6.45, 7) is 5.08. The van der Waals surface area contributed by atoms with Gasteiger partial charge in [0.25, 0.3) is 0 Å². The van der Waals surface area contributed by atoms with Gasteiger partial charge in [-0.05, 0) is 0 Å². The average molecular weight is 324 g/mol. The molecule has 0 aliphatic carbocycles. The number of hydrogen-bond donors (Lipinski definition) is 1. The summed E-state index contributed by atoms with van der Waals surface area (Å²) in [7, 11) is 0. The van der Waals surface area contributed by atoms with E-state index in [9.17, 15) is 9.50 Å². The van der Waals surface area contributed by atoms with Crippen LogP contribution in [0.15, 0.2) is 6.20 Å². The van der Waals surface area contributed by atoms with Crippen molar-refractivity contribution in [2.24, 2.45) is 11.3 Å². The molecule has 3 aliphatic heterocycles. The van der Waals surface area contributed by atoms with Gasteiger partial charge in [0.05, 0.1) is 39.2 Å². The molecular formula is C15H21FN4O3. The maximum atomic E-state index is 14.1. The van der Waals surface area contributed by atoms with E-state index in [-0.39, 0.29) is 17.9 Å². The molecule has 0 saturated carbocycles. The first-order valence-electron chi connectivity index (χ1n) is 8.01. The van der Waals surface area contributed by atoms with E-state index in [1.165, 1.54) is 6.20 Å². The molecule has 126 valence electrons. The number of aromatic nitrogens is 2. The summed E-state index contributed by atoms with van der Waals surface area (Å²) >= 11 is 0. The van der Waals surface area contributed by atoms with E-state index >= 15 is 0 Å². The number of halogens is 1. The largest absolute Gasteiger partial charge is 0.396 e. The van der Waals surface area contributed by atoms with Crippen LogP contribution < -0.4 is 9.80 Å². The molecular weight excluding hydrogens is 303 g/mol. The van der Waals surface area contributed by atoms with Gasteiger partial charge in [-0.2, -0.15) is 4.98 Å². The Bertz CT molecular complexity index is 584. The minimum atomic E-state index is -0.407. The van der Waals surface area contributed by atoms with Gasteiger partial charge in [0.2, 0.25) is 5.95 Å². The van der Waals surface area contributed by atoms with E-state index in [4.69, 9.17) is 9.47 Å². The highest BCUT2D eigenvalue weighted by Crippen LogP contribution is 2.42. The lowest BCUT2D eigenvalue weighted by Gasteiger charge is -2.29. The third-order valence-electron chi connectivity index (χ3n) is 5.14. The zero-order valence-corrected chi connectivity index (χ0v) is 12.9. The number of fused-ring (bicyclic) bond motifs is 1. The van der Waals surface area contributed by atoms with E-state index in [1.807, 2.05) is 9.80 Å². The molecule has 3 aliphatic rings. The molecule has 0 radical (unpaired) electrons. The molecule has 0 unspecified atom stereocenters. The summed E-state index contributed by atoms with van der Waals surface area (Å²) in [5.41, 5.74) is -0.239. The van der Waals surface area contributed by atoms with Crippen molar-refractivity contribution < 1.29 is 19.0 Å². The second-order valence-electron chi connectivity index (χ2n) is 6.55. The number of morpholine rings is 1. The fourth-order valence-electron chi connectivity index (χ4n) is 3.71. The predicted molar refractivity (Wildman–Crippen MR) is 81.1 cm³/mol. The molecule has 8 heteroatoms. The van der Waals surface area contributed by atoms with Gasteiger partial charge in [0.1, 0.15) is 0 Å². The van der Waals surface area contributed by atoms with Crippen LogP contribution in [0.25, 0.3) is 0 Å². The van der Waals surface area contributed by atoms with E-state index in [0.29, 0.717) is 57.8 Å². The van der Waals surface area contributed by atoms with Crippen LogP contribution in [0.1, 0.15) is 0 Å². The van der Waals surface area contributed by atoms with Crippen LogP contribution in [-0.4, -0.2) is 74.3 Å². The first-order chi connectivity index (χ1) is 11.2. The van der Waals surface area contributed by atoms with Gasteiger partial charge in [-0.1, -0.05) is 0 Å². The van der Waals surface area contributed by atoms with Gasteiger partial charge in [-0.25, -0.2) is 9.37 Å². The lowest BCUT2D eigenvalue weighted by molar-refractivity contribution is 0.0988. The molecule has 0 aromatic carbocycles. The summed E-state index contributed by atoms with van der Waals surface area (Å²) in [5, 5.41) is 9.76. The maximum absolute atomic E-state index is 14.1. The second kappa shape index (κ2) is 5.85. The summed E-state index contributed by atoms with van der Waals surface area (Å²) in [6.07, 6.45) is 1.24. The number of anilines is 2. The topological polar surface area (TPSA) is 71.0 Å². The third-order valence-corrected chi connectivity index (χ3v) is 5.14. The van der Waals surface area contributed by atoms with Crippen molar-refractivity contribution in [3.05, 3.63) is 12.0 Å². The molecule has 0 amide bonds. The van der Waals surface area contributed by atoms with Crippen molar-refractivity contribution >= 4 is 11.8 Å². The van der Waals surface area contributed by atoms with Crippen LogP contribution >= 0.6 is 0 Å². The zero-order valence-electron chi connectivity index (χ0n) is 12.9. The van der Waals surface area contributed by atoms with Crippen molar-refractivity contribution in [1.82, 2.24) is 9.97 Å². The van der Waals surface area contributed by atoms with E-state index < -0.39 is 5.82 Å². The van der Waals surface area contributed by atoms with Crippen LogP contribution in [-0.2, 0) is 9.47 Å². The minimum absolute atomic E-state index is 0.0890. The van der Waals surface area contributed by atoms with E-state index in [0.717, 1.165) is 6.54 Å². The molecule has 23 heavy (non-hydrogen) atoms. The fourth-order valence-corrected chi connectivity index (χ4v) is 3.71. The highest BCUT2D eigenvalue weighted by Gasteiger charge is 2.51. The first-order valence-corrected chi connectivity index (χ1v) is 8.01. The number of nitrogens with zero attached hydrogens (tertiary/aromatic N) is 4. The van der Waals surface area contributed by atoms with Crippen molar-refractivity contribution in [1.29, 1.82) is 0 Å². The molecule has 3 saturated heterocycles. The van der Waals surface area contributed by atoms with Crippen LogP contribution in [0.3, 0.4) is 0 Å². The number of aliphatic hydroxyl groups is 1. The Kier molecular flexibility index (Phi) is 3.82. The van der Waals surface area contributed by atoms with Crippen molar-refractivity contribution in [3.63, 3.8) is 0 Å². The highest BCUT2D eigenvalue weighted by molar-refractivity contribution is 5.46. The summed E-state index contributed by atoms with van der Waals surface area (Å²) in [5.74, 6) is 0.725. The summed E-state index contributed by atoms with van der Waals surface area (Å²) in [6, 6.07) is 0. The Morgan fingerprint density at radius 3 is 2.87 bits per heavy atom. The molecule has 2 atom stereocenters. The lowest BCUT2D eigenvalue weighted by Crippen LogP contribution is -2.38. The number of ether oxygens (including phenoxy) is 2. The van der Waals surface area contributed by atoms with Crippen molar-refractivity contribution in [2.75, 3.05) is 69.0 Å². The number of aliphatic hydroxyl groups excluding tert-OH is 1. The van der Waals surface area contributed by atoms with E-state index in [1.54, 1.807) is 0 Å². The molecule has 7 nitrogen and oxygen atoms in total. The molecule has 0 bridgehead atoms. The van der Waals surface area contributed by atoms with Crippen molar-refractivity contribution in [3.8, 4) is 0 Å². The van der Waals surface area contributed by atoms with Crippen molar-refractivity contribution in [2.45, 2.75) is 0 Å². The quantitative estimate of drug-likeness (QED) is 0.832. The van der Waals surface area contributed by atoms with Gasteiger partial charge < -0.3 is 24.4 Å². The number of rotatable bonds is 3. The summed E-state index contributed by atoms with van der Waals surface area (Å²) < 4.78 is 25.0. The summed E-state index contributed by atoms with van der Waals surface area (Å²) in [4.78, 5) is 12.6. The Morgan fingerprint density at radius 2 is 2.13 bits per heavy atom. The molecule has 1 N–H and O–H groups in total. The normalized spacial score (nSPS) is 30.8. The van der Waals surface area contributed by atoms with Crippen LogP contribution in [0, 0.1) is 17.2 Å². The van der Waals surface area contributed by atoms with Gasteiger partial charge in [-0.3, -0.25) is 0 Å².